The molecule has 1 rings (SSSR count). The van der Waals surface area contributed by atoms with Gasteiger partial charge in [0.25, 0.3) is 0 Å². The van der Waals surface area contributed by atoms with Crippen LogP contribution in [0, 0.1) is 5.41 Å². The van der Waals surface area contributed by atoms with Crippen molar-refractivity contribution in [1.82, 2.24) is 4.90 Å². The number of hydrogen-bond donors (Lipinski definition) is 2. The molecule has 0 radical (unpaired) electrons. The molecule has 1 atom stereocenters. The van der Waals surface area contributed by atoms with E-state index in [9.17, 15) is 5.11 Å². The molecule has 1 unspecified atom stereocenters. The topological polar surface area (TPSA) is 49.5 Å². The van der Waals surface area contributed by atoms with Crippen LogP contribution >= 0.6 is 0 Å². The molecule has 1 aliphatic heterocycles. The third kappa shape index (κ3) is 5.25. The van der Waals surface area contributed by atoms with Gasteiger partial charge in [-0.1, -0.05) is 20.8 Å². The summed E-state index contributed by atoms with van der Waals surface area (Å²) in [6, 6.07) is 0. The lowest BCUT2D eigenvalue weighted by molar-refractivity contribution is 0.0316. The summed E-state index contributed by atoms with van der Waals surface area (Å²) in [6.45, 7) is 10.7. The van der Waals surface area contributed by atoms with E-state index in [2.05, 4.69) is 18.7 Å². The minimum atomic E-state index is -0.634. The summed E-state index contributed by atoms with van der Waals surface area (Å²) in [7, 11) is 0. The minimum absolute atomic E-state index is 0.385. The predicted molar refractivity (Wildman–Crippen MR) is 77.6 cm³/mol. The Morgan fingerprint density at radius 2 is 2.00 bits per heavy atom. The van der Waals surface area contributed by atoms with Gasteiger partial charge in [0, 0.05) is 6.54 Å². The molecule has 0 aromatic rings. The molecular formula is C15H32N2O. The van der Waals surface area contributed by atoms with Crippen molar-refractivity contribution in [2.75, 3.05) is 26.2 Å². The number of nitrogens with zero attached hydrogens (tertiary/aromatic N) is 1. The van der Waals surface area contributed by atoms with E-state index in [0.717, 1.165) is 25.8 Å². The van der Waals surface area contributed by atoms with Crippen LogP contribution in [0.4, 0.5) is 0 Å². The maximum Gasteiger partial charge on any atom is 0.0767 e. The lowest BCUT2D eigenvalue weighted by Crippen LogP contribution is -2.38. The van der Waals surface area contributed by atoms with Crippen molar-refractivity contribution in [2.45, 2.75) is 64.9 Å². The number of nitrogens with two attached hydrogens (primary N) is 1. The highest BCUT2D eigenvalue weighted by molar-refractivity contribution is 4.80. The standard InChI is InChI=1S/C15H32N2O/c1-4-15(18,13-16)8-6-11-17-10-5-7-14(2,3)9-12-17/h18H,4-13,16H2,1-3H3. The minimum Gasteiger partial charge on any atom is -0.389 e. The molecule has 0 spiro atoms. The molecule has 0 aromatic heterocycles. The summed E-state index contributed by atoms with van der Waals surface area (Å²) in [5, 5.41) is 10.2. The zero-order valence-electron chi connectivity index (χ0n) is 12.5. The highest BCUT2D eigenvalue weighted by atomic mass is 16.3. The molecule has 3 heteroatoms. The van der Waals surface area contributed by atoms with Gasteiger partial charge in [-0.3, -0.25) is 0 Å². The predicted octanol–water partition coefficient (Wildman–Crippen LogP) is 2.38. The van der Waals surface area contributed by atoms with Crippen LogP contribution in [0.3, 0.4) is 0 Å². The second kappa shape index (κ2) is 6.88. The van der Waals surface area contributed by atoms with Gasteiger partial charge < -0.3 is 15.7 Å². The van der Waals surface area contributed by atoms with E-state index < -0.39 is 5.60 Å². The van der Waals surface area contributed by atoms with E-state index in [1.165, 1.54) is 32.4 Å². The number of rotatable bonds is 6. The lowest BCUT2D eigenvalue weighted by atomic mass is 9.85. The van der Waals surface area contributed by atoms with Gasteiger partial charge in [0.15, 0.2) is 0 Å². The van der Waals surface area contributed by atoms with Crippen molar-refractivity contribution < 1.29 is 5.11 Å². The number of likely N-dealkylation sites (tertiary alicyclic amines) is 1. The first kappa shape index (κ1) is 15.9. The van der Waals surface area contributed by atoms with Crippen LogP contribution in [-0.4, -0.2) is 41.8 Å². The van der Waals surface area contributed by atoms with Gasteiger partial charge in [-0.2, -0.15) is 0 Å². The largest absolute Gasteiger partial charge is 0.389 e. The van der Waals surface area contributed by atoms with Crippen molar-refractivity contribution in [2.24, 2.45) is 11.1 Å². The maximum absolute atomic E-state index is 10.2. The Kier molecular flexibility index (Phi) is 6.09. The summed E-state index contributed by atoms with van der Waals surface area (Å²) in [4.78, 5) is 2.56. The SMILES string of the molecule is CCC(O)(CN)CCCN1CCCC(C)(C)CC1. The zero-order chi connectivity index (χ0) is 13.6. The molecule has 0 amide bonds. The van der Waals surface area contributed by atoms with Gasteiger partial charge in [-0.25, -0.2) is 0 Å². The highest BCUT2D eigenvalue weighted by Crippen LogP contribution is 2.29. The molecule has 1 fully saturated rings. The van der Waals surface area contributed by atoms with Gasteiger partial charge in [0.2, 0.25) is 0 Å². The van der Waals surface area contributed by atoms with E-state index in [-0.39, 0.29) is 0 Å². The Balaban J connectivity index is 2.27. The Morgan fingerprint density at radius 1 is 1.28 bits per heavy atom. The second-order valence-electron chi connectivity index (χ2n) is 6.74. The molecule has 0 bridgehead atoms. The molecule has 108 valence electrons. The van der Waals surface area contributed by atoms with Crippen LogP contribution in [0.1, 0.15) is 59.3 Å². The summed E-state index contributed by atoms with van der Waals surface area (Å²) in [5.74, 6) is 0. The number of hydrogen-bond acceptors (Lipinski definition) is 3. The van der Waals surface area contributed by atoms with Crippen molar-refractivity contribution in [1.29, 1.82) is 0 Å². The second-order valence-corrected chi connectivity index (χ2v) is 6.74. The van der Waals surface area contributed by atoms with Crippen LogP contribution in [0.2, 0.25) is 0 Å². The summed E-state index contributed by atoms with van der Waals surface area (Å²) >= 11 is 0. The highest BCUT2D eigenvalue weighted by Gasteiger charge is 2.25. The van der Waals surface area contributed by atoms with E-state index in [1.54, 1.807) is 0 Å². The molecule has 3 N–H and O–H groups in total. The summed E-state index contributed by atoms with van der Waals surface area (Å²) in [5.41, 5.74) is 5.51. The van der Waals surface area contributed by atoms with Gasteiger partial charge in [0.05, 0.1) is 5.60 Å². The van der Waals surface area contributed by atoms with Gasteiger partial charge in [-0.15, -0.1) is 0 Å². The Morgan fingerprint density at radius 3 is 2.61 bits per heavy atom. The molecule has 0 aliphatic carbocycles. The first-order valence-corrected chi connectivity index (χ1v) is 7.56. The smallest absolute Gasteiger partial charge is 0.0767 e. The van der Waals surface area contributed by atoms with Gasteiger partial charge >= 0.3 is 0 Å². The van der Waals surface area contributed by atoms with Crippen LogP contribution in [-0.2, 0) is 0 Å². The third-order valence-electron chi connectivity index (χ3n) is 4.59. The zero-order valence-corrected chi connectivity index (χ0v) is 12.5. The van der Waals surface area contributed by atoms with E-state index in [0.29, 0.717) is 12.0 Å². The Hall–Kier alpha value is -0.120. The quantitative estimate of drug-likeness (QED) is 0.767. The van der Waals surface area contributed by atoms with E-state index in [1.807, 2.05) is 6.92 Å². The molecule has 1 heterocycles. The third-order valence-corrected chi connectivity index (χ3v) is 4.59. The van der Waals surface area contributed by atoms with Crippen molar-refractivity contribution in [3.63, 3.8) is 0 Å². The maximum atomic E-state index is 10.2. The van der Waals surface area contributed by atoms with E-state index >= 15 is 0 Å². The van der Waals surface area contributed by atoms with Crippen molar-refractivity contribution in [3.05, 3.63) is 0 Å². The first-order valence-electron chi connectivity index (χ1n) is 7.56. The van der Waals surface area contributed by atoms with Crippen molar-refractivity contribution in [3.8, 4) is 0 Å². The molecule has 3 nitrogen and oxygen atoms in total. The average Bonchev–Trinajstić information content (AvgIpc) is 2.51. The Labute approximate surface area is 113 Å². The fraction of sp³-hybridized carbons (Fsp3) is 1.00. The Bertz CT molecular complexity index is 237. The molecule has 18 heavy (non-hydrogen) atoms. The monoisotopic (exact) mass is 256 g/mol. The van der Waals surface area contributed by atoms with Crippen molar-refractivity contribution >= 4 is 0 Å². The summed E-state index contributed by atoms with van der Waals surface area (Å²) in [6.07, 6.45) is 6.59. The molecule has 1 saturated heterocycles. The van der Waals surface area contributed by atoms with Gasteiger partial charge in [0.1, 0.15) is 0 Å². The van der Waals surface area contributed by atoms with Crippen LogP contribution in [0.5, 0.6) is 0 Å². The molecule has 1 aliphatic rings. The molecular weight excluding hydrogens is 224 g/mol. The summed E-state index contributed by atoms with van der Waals surface area (Å²) < 4.78 is 0. The van der Waals surface area contributed by atoms with Crippen LogP contribution in [0.25, 0.3) is 0 Å². The van der Waals surface area contributed by atoms with Crippen LogP contribution < -0.4 is 5.73 Å². The normalized spacial score (nSPS) is 24.5. The molecule has 0 aromatic carbocycles. The number of aliphatic hydroxyl groups is 1. The average molecular weight is 256 g/mol. The van der Waals surface area contributed by atoms with Gasteiger partial charge in [-0.05, 0) is 63.6 Å². The van der Waals surface area contributed by atoms with Crippen LogP contribution in [0.15, 0.2) is 0 Å². The fourth-order valence-electron chi connectivity index (χ4n) is 2.76. The fourth-order valence-corrected chi connectivity index (χ4v) is 2.76. The van der Waals surface area contributed by atoms with E-state index in [4.69, 9.17) is 5.73 Å². The lowest BCUT2D eigenvalue weighted by Gasteiger charge is -2.27. The first-order chi connectivity index (χ1) is 8.41. The molecule has 0 saturated carbocycles.